The molecule has 0 aromatic heterocycles. The van der Waals surface area contributed by atoms with Crippen LogP contribution in [0.25, 0.3) is 0 Å². The predicted octanol–water partition coefficient (Wildman–Crippen LogP) is 3.38. The highest BCUT2D eigenvalue weighted by molar-refractivity contribution is 9.11. The highest BCUT2D eigenvalue weighted by atomic mass is 79.9. The smallest absolute Gasteiger partial charge is 0.328 e. The lowest BCUT2D eigenvalue weighted by Gasteiger charge is -2.34. The number of hydrogen-bond donors (Lipinski definition) is 0. The zero-order chi connectivity index (χ0) is 14.7. The van der Waals surface area contributed by atoms with Gasteiger partial charge in [-0.2, -0.15) is 0 Å². The Morgan fingerprint density at radius 3 is 2.70 bits per heavy atom. The molecule has 1 aliphatic rings. The molecule has 1 aliphatic heterocycles. The lowest BCUT2D eigenvalue weighted by atomic mass is 10.0. The summed E-state index contributed by atoms with van der Waals surface area (Å²) in [6.45, 7) is 0.584. The van der Waals surface area contributed by atoms with Crippen LogP contribution in [0.3, 0.4) is 0 Å². The van der Waals surface area contributed by atoms with Crippen molar-refractivity contribution < 1.29 is 14.3 Å². The first-order chi connectivity index (χ1) is 9.54. The van der Waals surface area contributed by atoms with Crippen LogP contribution in [0.1, 0.15) is 29.6 Å². The molecule has 20 heavy (non-hydrogen) atoms. The average Bonchev–Trinajstić information content (AvgIpc) is 2.46. The number of benzene rings is 1. The van der Waals surface area contributed by atoms with E-state index in [0.717, 1.165) is 17.3 Å². The lowest BCUT2D eigenvalue weighted by molar-refractivity contribution is -0.147. The molecule has 1 unspecified atom stereocenters. The number of likely N-dealkylation sites (tertiary alicyclic amines) is 1. The molecular weight excluding hydrogens is 390 g/mol. The van der Waals surface area contributed by atoms with Crippen LogP contribution in [0.5, 0.6) is 0 Å². The molecule has 0 radical (unpaired) electrons. The summed E-state index contributed by atoms with van der Waals surface area (Å²) in [5.74, 6) is -0.481. The van der Waals surface area contributed by atoms with E-state index in [9.17, 15) is 9.59 Å². The monoisotopic (exact) mass is 403 g/mol. The number of rotatable bonds is 2. The molecule has 0 spiro atoms. The van der Waals surface area contributed by atoms with Crippen LogP contribution in [-0.4, -0.2) is 36.5 Å². The summed E-state index contributed by atoms with van der Waals surface area (Å²) in [5, 5.41) is 0. The summed E-state index contributed by atoms with van der Waals surface area (Å²) < 4.78 is 6.41. The van der Waals surface area contributed by atoms with Gasteiger partial charge in [-0.05, 0) is 53.4 Å². The van der Waals surface area contributed by atoms with E-state index in [4.69, 9.17) is 4.74 Å². The maximum atomic E-state index is 12.6. The molecule has 108 valence electrons. The van der Waals surface area contributed by atoms with Crippen LogP contribution >= 0.6 is 31.9 Å². The SMILES string of the molecule is COC(=O)C1CCCCN1C(=O)c1ccc(Br)cc1Br. The van der Waals surface area contributed by atoms with Crippen molar-refractivity contribution in [1.29, 1.82) is 0 Å². The second kappa shape index (κ2) is 6.72. The number of esters is 1. The summed E-state index contributed by atoms with van der Waals surface area (Å²) >= 11 is 6.75. The topological polar surface area (TPSA) is 46.6 Å². The third-order valence-corrected chi connectivity index (χ3v) is 4.55. The van der Waals surface area contributed by atoms with Gasteiger partial charge in [0.15, 0.2) is 0 Å². The fourth-order valence-corrected chi connectivity index (χ4v) is 3.59. The van der Waals surface area contributed by atoms with Crippen molar-refractivity contribution in [3.8, 4) is 0 Å². The zero-order valence-electron chi connectivity index (χ0n) is 11.1. The molecule has 2 rings (SSSR count). The highest BCUT2D eigenvalue weighted by Crippen LogP contribution is 2.26. The van der Waals surface area contributed by atoms with E-state index in [1.807, 2.05) is 12.1 Å². The summed E-state index contributed by atoms with van der Waals surface area (Å²) in [7, 11) is 1.36. The third-order valence-electron chi connectivity index (χ3n) is 3.40. The van der Waals surface area contributed by atoms with Gasteiger partial charge in [0.1, 0.15) is 6.04 Å². The van der Waals surface area contributed by atoms with Gasteiger partial charge in [0.05, 0.1) is 12.7 Å². The lowest BCUT2D eigenvalue weighted by Crippen LogP contribution is -2.48. The summed E-state index contributed by atoms with van der Waals surface area (Å²) in [6, 6.07) is 4.91. The maximum absolute atomic E-state index is 12.6. The fourth-order valence-electron chi connectivity index (χ4n) is 2.37. The van der Waals surface area contributed by atoms with E-state index in [2.05, 4.69) is 31.9 Å². The van der Waals surface area contributed by atoms with Gasteiger partial charge in [-0.1, -0.05) is 15.9 Å². The quantitative estimate of drug-likeness (QED) is 0.710. The van der Waals surface area contributed by atoms with Crippen molar-refractivity contribution in [2.24, 2.45) is 0 Å². The second-order valence-corrected chi connectivity index (χ2v) is 6.43. The van der Waals surface area contributed by atoms with Crippen molar-refractivity contribution in [2.75, 3.05) is 13.7 Å². The molecule has 1 amide bonds. The first kappa shape index (κ1) is 15.5. The number of halogens is 2. The molecule has 1 saturated heterocycles. The molecule has 4 nitrogen and oxygen atoms in total. The highest BCUT2D eigenvalue weighted by Gasteiger charge is 2.33. The van der Waals surface area contributed by atoms with Crippen molar-refractivity contribution in [3.05, 3.63) is 32.7 Å². The summed E-state index contributed by atoms with van der Waals surface area (Å²) in [5.41, 5.74) is 0.559. The largest absolute Gasteiger partial charge is 0.467 e. The van der Waals surface area contributed by atoms with Gasteiger partial charge in [0, 0.05) is 15.5 Å². The molecule has 0 bridgehead atoms. The number of carbonyl (C=O) groups is 2. The Balaban J connectivity index is 2.27. The number of ether oxygens (including phenoxy) is 1. The Labute approximate surface area is 134 Å². The number of nitrogens with zero attached hydrogens (tertiary/aromatic N) is 1. The van der Waals surface area contributed by atoms with E-state index >= 15 is 0 Å². The number of hydrogen-bond acceptors (Lipinski definition) is 3. The maximum Gasteiger partial charge on any atom is 0.328 e. The third kappa shape index (κ3) is 3.23. The van der Waals surface area contributed by atoms with Crippen molar-refractivity contribution in [2.45, 2.75) is 25.3 Å². The van der Waals surface area contributed by atoms with Crippen molar-refractivity contribution in [3.63, 3.8) is 0 Å². The van der Waals surface area contributed by atoms with Gasteiger partial charge in [0.2, 0.25) is 0 Å². The van der Waals surface area contributed by atoms with Crippen LogP contribution in [0.2, 0.25) is 0 Å². The summed E-state index contributed by atoms with van der Waals surface area (Å²) in [6.07, 6.45) is 2.50. The van der Waals surface area contributed by atoms with E-state index in [1.165, 1.54) is 7.11 Å². The van der Waals surface area contributed by atoms with E-state index in [0.29, 0.717) is 23.0 Å². The molecule has 1 atom stereocenters. The number of piperidine rings is 1. The normalized spacial score (nSPS) is 18.8. The Kier molecular flexibility index (Phi) is 5.21. The Morgan fingerprint density at radius 1 is 1.30 bits per heavy atom. The molecule has 1 heterocycles. The van der Waals surface area contributed by atoms with Crippen LogP contribution in [0.4, 0.5) is 0 Å². The van der Waals surface area contributed by atoms with Crippen LogP contribution in [0.15, 0.2) is 27.1 Å². The molecule has 1 aromatic rings. The molecular formula is C14H15Br2NO3. The van der Waals surface area contributed by atoms with E-state index in [-0.39, 0.29) is 11.9 Å². The number of amides is 1. The first-order valence-electron chi connectivity index (χ1n) is 6.38. The zero-order valence-corrected chi connectivity index (χ0v) is 14.2. The minimum absolute atomic E-state index is 0.139. The van der Waals surface area contributed by atoms with Gasteiger partial charge in [-0.3, -0.25) is 4.79 Å². The minimum Gasteiger partial charge on any atom is -0.467 e. The predicted molar refractivity (Wildman–Crippen MR) is 82.5 cm³/mol. The standard InChI is InChI=1S/C14H15Br2NO3/c1-20-14(19)12-4-2-3-7-17(12)13(18)10-6-5-9(15)8-11(10)16/h5-6,8,12H,2-4,7H2,1H3. The Hall–Kier alpha value is -0.880. The van der Waals surface area contributed by atoms with Crippen LogP contribution in [-0.2, 0) is 9.53 Å². The Bertz CT molecular complexity index is 533. The first-order valence-corrected chi connectivity index (χ1v) is 7.97. The van der Waals surface area contributed by atoms with Gasteiger partial charge < -0.3 is 9.64 Å². The van der Waals surface area contributed by atoms with Gasteiger partial charge >= 0.3 is 5.97 Å². The molecule has 1 fully saturated rings. The molecule has 0 saturated carbocycles. The number of methoxy groups -OCH3 is 1. The minimum atomic E-state index is -0.475. The van der Waals surface area contributed by atoms with Gasteiger partial charge in [-0.25, -0.2) is 4.79 Å². The van der Waals surface area contributed by atoms with E-state index in [1.54, 1.807) is 11.0 Å². The fraction of sp³-hybridized carbons (Fsp3) is 0.429. The van der Waals surface area contributed by atoms with Crippen molar-refractivity contribution >= 4 is 43.7 Å². The summed E-state index contributed by atoms with van der Waals surface area (Å²) in [4.78, 5) is 26.1. The second-order valence-electron chi connectivity index (χ2n) is 4.66. The number of carbonyl (C=O) groups excluding carboxylic acids is 2. The molecule has 6 heteroatoms. The van der Waals surface area contributed by atoms with E-state index < -0.39 is 6.04 Å². The van der Waals surface area contributed by atoms with Gasteiger partial charge in [0.25, 0.3) is 5.91 Å². The molecule has 0 aliphatic carbocycles. The average molecular weight is 405 g/mol. The van der Waals surface area contributed by atoms with Crippen LogP contribution < -0.4 is 0 Å². The van der Waals surface area contributed by atoms with Crippen LogP contribution in [0, 0.1) is 0 Å². The van der Waals surface area contributed by atoms with Gasteiger partial charge in [-0.15, -0.1) is 0 Å². The van der Waals surface area contributed by atoms with Crippen molar-refractivity contribution in [1.82, 2.24) is 4.90 Å². The Morgan fingerprint density at radius 2 is 2.05 bits per heavy atom. The molecule has 0 N–H and O–H groups in total. The molecule has 1 aromatic carbocycles.